The Balaban J connectivity index is 3.06. The summed E-state index contributed by atoms with van der Waals surface area (Å²) in [5.74, 6) is -0.194. The molecular weight excluding hydrogens is 280 g/mol. The fourth-order valence-electron chi connectivity index (χ4n) is 2.55. The third-order valence-electron chi connectivity index (χ3n) is 3.92. The summed E-state index contributed by atoms with van der Waals surface area (Å²) in [5, 5.41) is 8.09. The molecule has 1 N–H and O–H groups in total. The summed E-state index contributed by atoms with van der Waals surface area (Å²) in [7, 11) is 0. The summed E-state index contributed by atoms with van der Waals surface area (Å²) >= 11 is 0. The fourth-order valence-corrected chi connectivity index (χ4v) is 2.55. The van der Waals surface area contributed by atoms with Crippen LogP contribution in [0.15, 0.2) is 0 Å². The third-order valence-corrected chi connectivity index (χ3v) is 3.92. The first-order valence-electron chi connectivity index (χ1n) is 9.23. The van der Waals surface area contributed by atoms with E-state index in [9.17, 15) is 4.79 Å². The Morgan fingerprint density at radius 1 is 0.727 bits per heavy atom. The van der Waals surface area contributed by atoms with Crippen LogP contribution in [-0.2, 0) is 14.4 Å². The number of rotatable bonds is 17. The Kier molecular flexibility index (Phi) is 17.9. The molecule has 0 saturated heterocycles. The summed E-state index contributed by atoms with van der Waals surface area (Å²) in [6.45, 7) is 2.44. The summed E-state index contributed by atoms with van der Waals surface area (Å²) in [5.41, 5.74) is 0. The van der Waals surface area contributed by atoms with E-state index in [-0.39, 0.29) is 19.2 Å². The maximum absolute atomic E-state index is 11.3. The van der Waals surface area contributed by atoms with Gasteiger partial charge in [-0.05, 0) is 6.42 Å². The minimum atomic E-state index is -0.194. The monoisotopic (exact) mass is 316 g/mol. The van der Waals surface area contributed by atoms with E-state index >= 15 is 0 Å². The number of ether oxygens (including phenoxy) is 1. The zero-order valence-corrected chi connectivity index (χ0v) is 14.5. The van der Waals surface area contributed by atoms with E-state index in [1.54, 1.807) is 0 Å². The smallest absolute Gasteiger partial charge is 0.305 e. The van der Waals surface area contributed by atoms with Crippen LogP contribution in [0.5, 0.6) is 0 Å². The zero-order chi connectivity index (χ0) is 16.3. The molecule has 0 fully saturated rings. The highest BCUT2D eigenvalue weighted by molar-refractivity contribution is 5.69. The molecule has 0 amide bonds. The minimum Gasteiger partial charge on any atom is -0.463 e. The molecule has 0 aromatic heterocycles. The average molecular weight is 316 g/mol. The lowest BCUT2D eigenvalue weighted by Crippen LogP contribution is -2.09. The third kappa shape index (κ3) is 17.4. The van der Waals surface area contributed by atoms with Crippen molar-refractivity contribution in [2.45, 2.75) is 96.8 Å². The van der Waals surface area contributed by atoms with Gasteiger partial charge in [0.05, 0.1) is 0 Å². The molecule has 0 saturated carbocycles. The van der Waals surface area contributed by atoms with E-state index < -0.39 is 0 Å². The van der Waals surface area contributed by atoms with Gasteiger partial charge in [-0.15, -0.1) is 0 Å². The average Bonchev–Trinajstić information content (AvgIpc) is 2.52. The van der Waals surface area contributed by atoms with E-state index in [2.05, 4.69) is 11.8 Å². The summed E-state index contributed by atoms with van der Waals surface area (Å²) in [6, 6.07) is 0. The molecule has 0 aromatic carbocycles. The van der Waals surface area contributed by atoms with Crippen LogP contribution in [0.4, 0.5) is 0 Å². The molecule has 0 atom stereocenters. The van der Waals surface area contributed by atoms with Crippen LogP contribution in [0.1, 0.15) is 96.8 Å². The van der Waals surface area contributed by atoms with Gasteiger partial charge in [0, 0.05) is 6.42 Å². The van der Waals surface area contributed by atoms with Gasteiger partial charge < -0.3 is 4.74 Å². The lowest BCUT2D eigenvalue weighted by molar-refractivity contribution is -0.248. The minimum absolute atomic E-state index is 0.0460. The standard InChI is InChI=1S/C18H36O4/c1-2-3-4-5-6-7-8-9-10-11-12-13-14-15-18(19)21-16-17-22-20/h20H,2-17H2,1H3. The maximum atomic E-state index is 11.3. The van der Waals surface area contributed by atoms with Crippen molar-refractivity contribution in [1.82, 2.24) is 0 Å². The second-order valence-corrected chi connectivity index (χ2v) is 6.05. The maximum Gasteiger partial charge on any atom is 0.305 e. The van der Waals surface area contributed by atoms with Crippen molar-refractivity contribution in [2.75, 3.05) is 13.2 Å². The molecule has 0 unspecified atom stereocenters. The Morgan fingerprint density at radius 2 is 1.18 bits per heavy atom. The molecule has 0 rings (SSSR count). The zero-order valence-electron chi connectivity index (χ0n) is 14.5. The van der Waals surface area contributed by atoms with Gasteiger partial charge in [-0.1, -0.05) is 84.0 Å². The molecule has 0 aromatic rings. The summed E-state index contributed by atoms with van der Waals surface area (Å²) in [4.78, 5) is 15.1. The van der Waals surface area contributed by atoms with Crippen molar-refractivity contribution in [2.24, 2.45) is 0 Å². The topological polar surface area (TPSA) is 55.8 Å². The van der Waals surface area contributed by atoms with Crippen molar-refractivity contribution in [3.8, 4) is 0 Å². The SMILES string of the molecule is CCCCCCCCCCCCCCCC(=O)OCCOO. The van der Waals surface area contributed by atoms with Gasteiger partial charge >= 0.3 is 5.97 Å². The molecule has 0 spiro atoms. The van der Waals surface area contributed by atoms with Gasteiger partial charge in [-0.2, -0.15) is 0 Å². The highest BCUT2D eigenvalue weighted by atomic mass is 17.1. The lowest BCUT2D eigenvalue weighted by atomic mass is 10.0. The molecule has 22 heavy (non-hydrogen) atoms. The van der Waals surface area contributed by atoms with E-state index in [1.807, 2.05) is 0 Å². The van der Waals surface area contributed by atoms with Gasteiger partial charge in [0.15, 0.2) is 0 Å². The first-order valence-corrected chi connectivity index (χ1v) is 9.23. The van der Waals surface area contributed by atoms with Crippen LogP contribution in [-0.4, -0.2) is 24.4 Å². The van der Waals surface area contributed by atoms with Crippen LogP contribution in [0, 0.1) is 0 Å². The van der Waals surface area contributed by atoms with Crippen molar-refractivity contribution in [3.05, 3.63) is 0 Å². The van der Waals surface area contributed by atoms with Crippen molar-refractivity contribution < 1.29 is 19.7 Å². The van der Waals surface area contributed by atoms with E-state index in [1.165, 1.54) is 70.6 Å². The molecule has 0 aliphatic carbocycles. The van der Waals surface area contributed by atoms with Crippen molar-refractivity contribution in [1.29, 1.82) is 0 Å². The predicted molar refractivity (Wildman–Crippen MR) is 89.9 cm³/mol. The van der Waals surface area contributed by atoms with Gasteiger partial charge in [-0.25, -0.2) is 4.89 Å². The lowest BCUT2D eigenvalue weighted by Gasteiger charge is -2.04. The van der Waals surface area contributed by atoms with Gasteiger partial charge in [0.25, 0.3) is 0 Å². The Labute approximate surface area is 136 Å². The van der Waals surface area contributed by atoms with Crippen LogP contribution < -0.4 is 0 Å². The van der Waals surface area contributed by atoms with Crippen LogP contribution >= 0.6 is 0 Å². The second kappa shape index (κ2) is 18.4. The largest absolute Gasteiger partial charge is 0.463 e. The molecule has 0 heterocycles. The predicted octanol–water partition coefficient (Wildman–Crippen LogP) is 5.50. The first-order chi connectivity index (χ1) is 10.8. The number of hydrogen-bond acceptors (Lipinski definition) is 4. The van der Waals surface area contributed by atoms with Crippen molar-refractivity contribution in [3.63, 3.8) is 0 Å². The van der Waals surface area contributed by atoms with E-state index in [0.29, 0.717) is 6.42 Å². The summed E-state index contributed by atoms with van der Waals surface area (Å²) < 4.78 is 4.87. The Morgan fingerprint density at radius 3 is 1.64 bits per heavy atom. The molecule has 132 valence electrons. The second-order valence-electron chi connectivity index (χ2n) is 6.05. The molecule has 0 radical (unpaired) electrons. The van der Waals surface area contributed by atoms with Crippen LogP contribution in [0.25, 0.3) is 0 Å². The van der Waals surface area contributed by atoms with Crippen molar-refractivity contribution >= 4 is 5.97 Å². The number of hydrogen-bond donors (Lipinski definition) is 1. The van der Waals surface area contributed by atoms with E-state index in [4.69, 9.17) is 9.99 Å². The number of carbonyl (C=O) groups is 1. The van der Waals surface area contributed by atoms with Crippen LogP contribution in [0.2, 0.25) is 0 Å². The summed E-state index contributed by atoms with van der Waals surface area (Å²) in [6.07, 6.45) is 17.4. The van der Waals surface area contributed by atoms with Crippen LogP contribution in [0.3, 0.4) is 0 Å². The highest BCUT2D eigenvalue weighted by Crippen LogP contribution is 2.13. The number of carbonyl (C=O) groups excluding carboxylic acids is 1. The molecule has 0 bridgehead atoms. The fraction of sp³-hybridized carbons (Fsp3) is 0.944. The number of unbranched alkanes of at least 4 members (excludes halogenated alkanes) is 12. The Bertz CT molecular complexity index is 231. The Hall–Kier alpha value is -0.610. The molecule has 0 aliphatic heterocycles. The molecule has 4 nitrogen and oxygen atoms in total. The molecule has 0 aliphatic rings. The van der Waals surface area contributed by atoms with Gasteiger partial charge in [0.2, 0.25) is 0 Å². The molecular formula is C18H36O4. The quantitative estimate of drug-likeness (QED) is 0.167. The molecule has 4 heteroatoms. The number of esters is 1. The first kappa shape index (κ1) is 21.4. The van der Waals surface area contributed by atoms with Gasteiger partial charge in [0.1, 0.15) is 13.2 Å². The normalized spacial score (nSPS) is 10.8. The van der Waals surface area contributed by atoms with Gasteiger partial charge in [-0.3, -0.25) is 10.1 Å². The van der Waals surface area contributed by atoms with E-state index in [0.717, 1.165) is 12.8 Å². The highest BCUT2D eigenvalue weighted by Gasteiger charge is 2.02.